The van der Waals surface area contributed by atoms with Crippen LogP contribution in [0.15, 0.2) is 42.5 Å². The standard InChI is InChI=1S/C15H15F2N/c1-2-10-5-3-4-6-12(10)15(18)11-7-8-13(16)14(17)9-11/h3-9,15H,2,18H2,1H3. The van der Waals surface area contributed by atoms with E-state index >= 15 is 0 Å². The number of aryl methyl sites for hydroxylation is 1. The van der Waals surface area contributed by atoms with E-state index in [4.69, 9.17) is 5.73 Å². The van der Waals surface area contributed by atoms with Crippen LogP contribution in [0.4, 0.5) is 8.78 Å². The fourth-order valence-electron chi connectivity index (χ4n) is 2.04. The fourth-order valence-corrected chi connectivity index (χ4v) is 2.04. The molecule has 0 aromatic heterocycles. The number of hydrogen-bond acceptors (Lipinski definition) is 1. The van der Waals surface area contributed by atoms with Gasteiger partial charge in [0.05, 0.1) is 6.04 Å². The molecule has 0 heterocycles. The van der Waals surface area contributed by atoms with E-state index in [1.54, 1.807) is 0 Å². The lowest BCUT2D eigenvalue weighted by atomic mass is 9.94. The van der Waals surface area contributed by atoms with E-state index in [1.807, 2.05) is 31.2 Å². The van der Waals surface area contributed by atoms with Crippen LogP contribution in [-0.4, -0.2) is 0 Å². The summed E-state index contributed by atoms with van der Waals surface area (Å²) in [7, 11) is 0. The van der Waals surface area contributed by atoms with Gasteiger partial charge in [0, 0.05) is 0 Å². The predicted molar refractivity (Wildman–Crippen MR) is 68.2 cm³/mol. The molecule has 0 aliphatic carbocycles. The lowest BCUT2D eigenvalue weighted by Crippen LogP contribution is -2.14. The molecule has 1 unspecified atom stereocenters. The molecule has 3 heteroatoms. The van der Waals surface area contributed by atoms with E-state index in [-0.39, 0.29) is 0 Å². The molecule has 94 valence electrons. The van der Waals surface area contributed by atoms with Gasteiger partial charge < -0.3 is 5.73 Å². The summed E-state index contributed by atoms with van der Waals surface area (Å²) in [6.45, 7) is 2.04. The van der Waals surface area contributed by atoms with E-state index < -0.39 is 17.7 Å². The van der Waals surface area contributed by atoms with E-state index in [0.717, 1.165) is 29.7 Å². The van der Waals surface area contributed by atoms with Crippen LogP contribution >= 0.6 is 0 Å². The van der Waals surface area contributed by atoms with Gasteiger partial charge in [-0.3, -0.25) is 0 Å². The Hall–Kier alpha value is -1.74. The largest absolute Gasteiger partial charge is 0.320 e. The number of rotatable bonds is 3. The first kappa shape index (κ1) is 12.7. The Morgan fingerprint density at radius 3 is 2.44 bits per heavy atom. The number of hydrogen-bond donors (Lipinski definition) is 1. The third-order valence-corrected chi connectivity index (χ3v) is 3.07. The zero-order valence-electron chi connectivity index (χ0n) is 10.2. The van der Waals surface area contributed by atoms with Crippen molar-refractivity contribution in [1.29, 1.82) is 0 Å². The topological polar surface area (TPSA) is 26.0 Å². The van der Waals surface area contributed by atoms with Crippen molar-refractivity contribution in [2.45, 2.75) is 19.4 Å². The monoisotopic (exact) mass is 247 g/mol. The molecule has 0 aliphatic heterocycles. The van der Waals surface area contributed by atoms with Crippen molar-refractivity contribution in [2.24, 2.45) is 5.73 Å². The number of benzene rings is 2. The molecule has 2 aromatic rings. The summed E-state index contributed by atoms with van der Waals surface area (Å²) in [6.07, 6.45) is 0.855. The molecule has 2 N–H and O–H groups in total. The first-order valence-electron chi connectivity index (χ1n) is 5.91. The minimum atomic E-state index is -0.864. The Bertz CT molecular complexity index is 552. The number of nitrogens with two attached hydrogens (primary N) is 1. The average molecular weight is 247 g/mol. The summed E-state index contributed by atoms with van der Waals surface area (Å²) in [5, 5.41) is 0. The molecule has 1 nitrogen and oxygen atoms in total. The Morgan fingerprint density at radius 1 is 1.06 bits per heavy atom. The Morgan fingerprint density at radius 2 is 1.78 bits per heavy atom. The van der Waals surface area contributed by atoms with Gasteiger partial charge in [-0.2, -0.15) is 0 Å². The van der Waals surface area contributed by atoms with Crippen molar-refractivity contribution >= 4 is 0 Å². The van der Waals surface area contributed by atoms with Crippen molar-refractivity contribution in [1.82, 2.24) is 0 Å². The van der Waals surface area contributed by atoms with Gasteiger partial charge in [-0.1, -0.05) is 37.3 Å². The lowest BCUT2D eigenvalue weighted by molar-refractivity contribution is 0.506. The summed E-state index contributed by atoms with van der Waals surface area (Å²) in [4.78, 5) is 0. The van der Waals surface area contributed by atoms with Crippen molar-refractivity contribution in [3.05, 3.63) is 70.8 Å². The SMILES string of the molecule is CCc1ccccc1C(N)c1ccc(F)c(F)c1. The molecule has 1 atom stereocenters. The summed E-state index contributed by atoms with van der Waals surface area (Å²) in [6, 6.07) is 11.1. The zero-order valence-corrected chi connectivity index (χ0v) is 10.2. The molecular formula is C15H15F2N. The molecule has 0 aliphatic rings. The van der Waals surface area contributed by atoms with Gasteiger partial charge >= 0.3 is 0 Å². The third-order valence-electron chi connectivity index (χ3n) is 3.07. The van der Waals surface area contributed by atoms with E-state index in [2.05, 4.69) is 0 Å². The second-order valence-electron chi connectivity index (χ2n) is 4.20. The Kier molecular flexibility index (Phi) is 3.72. The molecule has 2 aromatic carbocycles. The maximum atomic E-state index is 13.2. The smallest absolute Gasteiger partial charge is 0.159 e. The molecule has 0 radical (unpaired) electrons. The van der Waals surface area contributed by atoms with Gasteiger partial charge in [-0.05, 0) is 35.2 Å². The highest BCUT2D eigenvalue weighted by atomic mass is 19.2. The molecule has 0 spiro atoms. The molecule has 0 bridgehead atoms. The summed E-state index contributed by atoms with van der Waals surface area (Å²) < 4.78 is 26.1. The lowest BCUT2D eigenvalue weighted by Gasteiger charge is -2.16. The van der Waals surface area contributed by atoms with E-state index in [9.17, 15) is 8.78 Å². The fraction of sp³-hybridized carbons (Fsp3) is 0.200. The third kappa shape index (κ3) is 2.41. The van der Waals surface area contributed by atoms with Crippen LogP contribution in [0, 0.1) is 11.6 Å². The van der Waals surface area contributed by atoms with Crippen LogP contribution in [-0.2, 0) is 6.42 Å². The minimum Gasteiger partial charge on any atom is -0.320 e. The molecule has 0 fully saturated rings. The van der Waals surface area contributed by atoms with Crippen molar-refractivity contribution < 1.29 is 8.78 Å². The van der Waals surface area contributed by atoms with Crippen LogP contribution in [0.3, 0.4) is 0 Å². The van der Waals surface area contributed by atoms with Gasteiger partial charge in [-0.25, -0.2) is 8.78 Å². The van der Waals surface area contributed by atoms with Gasteiger partial charge in [0.15, 0.2) is 11.6 Å². The second-order valence-corrected chi connectivity index (χ2v) is 4.20. The highest BCUT2D eigenvalue weighted by Crippen LogP contribution is 2.24. The van der Waals surface area contributed by atoms with E-state index in [0.29, 0.717) is 5.56 Å². The molecule has 2 rings (SSSR count). The van der Waals surface area contributed by atoms with Crippen molar-refractivity contribution in [2.75, 3.05) is 0 Å². The van der Waals surface area contributed by atoms with Crippen molar-refractivity contribution in [3.8, 4) is 0 Å². The maximum absolute atomic E-state index is 13.2. The quantitative estimate of drug-likeness (QED) is 0.881. The number of halogens is 2. The minimum absolute atomic E-state index is 0.434. The van der Waals surface area contributed by atoms with Gasteiger partial charge in [0.25, 0.3) is 0 Å². The molecule has 0 saturated carbocycles. The molecule has 18 heavy (non-hydrogen) atoms. The van der Waals surface area contributed by atoms with Gasteiger partial charge in [-0.15, -0.1) is 0 Å². The van der Waals surface area contributed by atoms with Crippen molar-refractivity contribution in [3.63, 3.8) is 0 Å². The summed E-state index contributed by atoms with van der Waals surface area (Å²) in [5.74, 6) is -1.72. The Balaban J connectivity index is 2.41. The summed E-state index contributed by atoms with van der Waals surface area (Å²) >= 11 is 0. The van der Waals surface area contributed by atoms with Crippen LogP contribution in [0.2, 0.25) is 0 Å². The Labute approximate surface area is 105 Å². The molecule has 0 amide bonds. The first-order chi connectivity index (χ1) is 8.63. The first-order valence-corrected chi connectivity index (χ1v) is 5.91. The highest BCUT2D eigenvalue weighted by molar-refractivity contribution is 5.37. The van der Waals surface area contributed by atoms with Crippen LogP contribution < -0.4 is 5.73 Å². The van der Waals surface area contributed by atoms with E-state index in [1.165, 1.54) is 6.07 Å². The van der Waals surface area contributed by atoms with Crippen LogP contribution in [0.1, 0.15) is 29.7 Å². The van der Waals surface area contributed by atoms with Gasteiger partial charge in [0.1, 0.15) is 0 Å². The normalized spacial score (nSPS) is 12.4. The average Bonchev–Trinajstić information content (AvgIpc) is 2.41. The second kappa shape index (κ2) is 5.27. The zero-order chi connectivity index (χ0) is 13.1. The summed E-state index contributed by atoms with van der Waals surface area (Å²) in [5.41, 5.74) is 8.77. The highest BCUT2D eigenvalue weighted by Gasteiger charge is 2.14. The van der Waals surface area contributed by atoms with Crippen LogP contribution in [0.5, 0.6) is 0 Å². The maximum Gasteiger partial charge on any atom is 0.159 e. The molecule has 0 saturated heterocycles. The van der Waals surface area contributed by atoms with Crippen LogP contribution in [0.25, 0.3) is 0 Å². The predicted octanol–water partition coefficient (Wildman–Crippen LogP) is 3.58. The van der Waals surface area contributed by atoms with Gasteiger partial charge in [0.2, 0.25) is 0 Å². The molecular weight excluding hydrogens is 232 g/mol.